The average molecular weight is 514 g/mol. The number of ether oxygens (including phenoxy) is 1. The van der Waals surface area contributed by atoms with E-state index in [1.54, 1.807) is 18.5 Å². The molecule has 0 amide bonds. The van der Waals surface area contributed by atoms with Crippen LogP contribution in [0.4, 0.5) is 10.1 Å². The third kappa shape index (κ3) is 4.26. The van der Waals surface area contributed by atoms with Crippen molar-refractivity contribution in [1.82, 2.24) is 29.4 Å². The van der Waals surface area contributed by atoms with E-state index >= 15 is 0 Å². The zero-order valence-corrected chi connectivity index (χ0v) is 21.6. The fourth-order valence-electron chi connectivity index (χ4n) is 5.89. The van der Waals surface area contributed by atoms with Crippen LogP contribution in [-0.4, -0.2) is 81.3 Å². The topological polar surface area (TPSA) is 62.0 Å². The fraction of sp³-hybridized carbons (Fsp3) is 0.345. The molecule has 1 unspecified atom stereocenters. The molecule has 6 rings (SSSR count). The quantitative estimate of drug-likeness (QED) is 0.355. The molecule has 5 heterocycles. The Morgan fingerprint density at radius 2 is 1.89 bits per heavy atom. The number of anilines is 1. The van der Waals surface area contributed by atoms with Crippen molar-refractivity contribution in [1.29, 1.82) is 0 Å². The Morgan fingerprint density at radius 1 is 1.05 bits per heavy atom. The highest BCUT2D eigenvalue weighted by molar-refractivity contribution is 5.98. The van der Waals surface area contributed by atoms with Crippen LogP contribution in [0, 0.1) is 5.82 Å². The van der Waals surface area contributed by atoms with Crippen LogP contribution in [0.2, 0.25) is 0 Å². The summed E-state index contributed by atoms with van der Waals surface area (Å²) in [5.74, 6) is -0.251. The van der Waals surface area contributed by atoms with E-state index in [0.717, 1.165) is 73.4 Å². The fourth-order valence-corrected chi connectivity index (χ4v) is 5.89. The van der Waals surface area contributed by atoms with Gasteiger partial charge < -0.3 is 14.5 Å². The average Bonchev–Trinajstić information content (AvgIpc) is 3.39. The number of nitrogens with zero attached hydrogens (tertiary/aromatic N) is 7. The molecule has 4 aromatic rings. The third-order valence-electron chi connectivity index (χ3n) is 7.97. The van der Waals surface area contributed by atoms with E-state index in [0.29, 0.717) is 17.6 Å². The summed E-state index contributed by atoms with van der Waals surface area (Å²) in [5, 5.41) is 5.40. The SMILES string of the molecule is C=CC1CN(C=C)CCN1C1CCN(c2cnc3c(-c4ccnc5cc(F)c(OC)cc45)cnn3c2)CC1. The summed E-state index contributed by atoms with van der Waals surface area (Å²) in [6.45, 7) is 13.0. The summed E-state index contributed by atoms with van der Waals surface area (Å²) in [4.78, 5) is 16.4. The second kappa shape index (κ2) is 10.1. The van der Waals surface area contributed by atoms with Gasteiger partial charge in [0.15, 0.2) is 17.2 Å². The van der Waals surface area contributed by atoms with Crippen LogP contribution in [0.5, 0.6) is 5.75 Å². The van der Waals surface area contributed by atoms with Gasteiger partial charge in [-0.15, -0.1) is 6.58 Å². The van der Waals surface area contributed by atoms with Gasteiger partial charge in [-0.1, -0.05) is 12.7 Å². The molecule has 1 atom stereocenters. The molecule has 3 aromatic heterocycles. The first-order valence-electron chi connectivity index (χ1n) is 13.1. The Balaban J connectivity index is 1.22. The number of pyridine rings is 1. The molecule has 2 saturated heterocycles. The van der Waals surface area contributed by atoms with Crippen molar-refractivity contribution in [3.05, 3.63) is 74.2 Å². The molecule has 2 aliphatic heterocycles. The zero-order valence-electron chi connectivity index (χ0n) is 21.6. The summed E-state index contributed by atoms with van der Waals surface area (Å²) < 4.78 is 21.3. The van der Waals surface area contributed by atoms with Gasteiger partial charge >= 0.3 is 0 Å². The number of hydrogen-bond donors (Lipinski definition) is 0. The first kappa shape index (κ1) is 24.4. The van der Waals surface area contributed by atoms with Crippen LogP contribution in [0.25, 0.3) is 27.7 Å². The number of hydrogen-bond acceptors (Lipinski definition) is 7. The smallest absolute Gasteiger partial charge is 0.167 e. The van der Waals surface area contributed by atoms with Crippen LogP contribution >= 0.6 is 0 Å². The summed E-state index contributed by atoms with van der Waals surface area (Å²) in [6, 6.07) is 5.90. The van der Waals surface area contributed by atoms with Gasteiger partial charge in [-0.25, -0.2) is 13.9 Å². The molecule has 2 aliphatic rings. The highest BCUT2D eigenvalue weighted by Crippen LogP contribution is 2.34. The van der Waals surface area contributed by atoms with E-state index in [9.17, 15) is 4.39 Å². The highest BCUT2D eigenvalue weighted by Gasteiger charge is 2.32. The Labute approximate surface area is 221 Å². The van der Waals surface area contributed by atoms with E-state index in [2.05, 4.69) is 44.0 Å². The maximum atomic E-state index is 14.3. The monoisotopic (exact) mass is 513 g/mol. The lowest BCUT2D eigenvalue weighted by Gasteiger charge is -2.46. The summed E-state index contributed by atoms with van der Waals surface area (Å²) in [6.07, 6.45) is 13.7. The number of benzene rings is 1. The van der Waals surface area contributed by atoms with Crippen molar-refractivity contribution in [2.75, 3.05) is 44.7 Å². The second-order valence-corrected chi connectivity index (χ2v) is 9.94. The molecular weight excluding hydrogens is 481 g/mol. The Bertz CT molecular complexity index is 1490. The van der Waals surface area contributed by atoms with Gasteiger partial charge in [0.1, 0.15) is 0 Å². The molecule has 0 aliphatic carbocycles. The predicted molar refractivity (Wildman–Crippen MR) is 148 cm³/mol. The number of aromatic nitrogens is 4. The van der Waals surface area contributed by atoms with Crippen LogP contribution < -0.4 is 9.64 Å². The molecule has 0 spiro atoms. The van der Waals surface area contributed by atoms with E-state index < -0.39 is 5.82 Å². The number of halogens is 1. The van der Waals surface area contributed by atoms with Crippen molar-refractivity contribution >= 4 is 22.2 Å². The van der Waals surface area contributed by atoms with E-state index in [1.807, 2.05) is 29.2 Å². The van der Waals surface area contributed by atoms with Crippen molar-refractivity contribution in [3.8, 4) is 16.9 Å². The molecular formula is C29H32FN7O. The minimum Gasteiger partial charge on any atom is -0.494 e. The maximum absolute atomic E-state index is 14.3. The van der Waals surface area contributed by atoms with Crippen molar-refractivity contribution in [2.24, 2.45) is 0 Å². The number of methoxy groups -OCH3 is 1. The third-order valence-corrected chi connectivity index (χ3v) is 7.97. The van der Waals surface area contributed by atoms with Gasteiger partial charge in [0.05, 0.1) is 36.9 Å². The normalized spacial score (nSPS) is 19.3. The summed E-state index contributed by atoms with van der Waals surface area (Å²) in [5.41, 5.74) is 4.12. The number of rotatable bonds is 6. The highest BCUT2D eigenvalue weighted by atomic mass is 19.1. The first-order valence-corrected chi connectivity index (χ1v) is 13.1. The summed E-state index contributed by atoms with van der Waals surface area (Å²) >= 11 is 0. The Hall–Kier alpha value is -3.98. The number of piperazine rings is 1. The van der Waals surface area contributed by atoms with E-state index in [1.165, 1.54) is 13.2 Å². The molecule has 1 aromatic carbocycles. The molecule has 0 bridgehead atoms. The van der Waals surface area contributed by atoms with Crippen molar-refractivity contribution < 1.29 is 9.13 Å². The lowest BCUT2D eigenvalue weighted by atomic mass is 9.99. The van der Waals surface area contributed by atoms with Gasteiger partial charge in [0, 0.05) is 68.0 Å². The van der Waals surface area contributed by atoms with Crippen molar-refractivity contribution in [2.45, 2.75) is 24.9 Å². The van der Waals surface area contributed by atoms with Crippen LogP contribution in [0.15, 0.2) is 68.4 Å². The van der Waals surface area contributed by atoms with Gasteiger partial charge in [0.2, 0.25) is 0 Å². The lowest BCUT2D eigenvalue weighted by Crippen LogP contribution is -2.56. The minimum atomic E-state index is -0.435. The molecule has 0 N–H and O–H groups in total. The number of piperidine rings is 1. The Kier molecular flexibility index (Phi) is 6.45. The van der Waals surface area contributed by atoms with Gasteiger partial charge in [-0.2, -0.15) is 5.10 Å². The minimum absolute atomic E-state index is 0.184. The van der Waals surface area contributed by atoms with Crippen LogP contribution in [-0.2, 0) is 0 Å². The maximum Gasteiger partial charge on any atom is 0.167 e. The molecule has 8 nitrogen and oxygen atoms in total. The molecule has 0 saturated carbocycles. The molecule has 9 heteroatoms. The van der Waals surface area contributed by atoms with E-state index in [-0.39, 0.29) is 5.75 Å². The number of fused-ring (bicyclic) bond motifs is 2. The summed E-state index contributed by atoms with van der Waals surface area (Å²) in [7, 11) is 1.46. The second-order valence-electron chi connectivity index (χ2n) is 9.94. The molecule has 2 fully saturated rings. The van der Waals surface area contributed by atoms with E-state index in [4.69, 9.17) is 9.72 Å². The standard InChI is InChI=1S/C29H32FN7O/c1-4-20-18-34(5-2)12-13-36(20)21-7-10-35(11-8-21)22-16-32-29-25(17-33-37(29)19-22)23-6-9-31-27-15-26(30)28(38-3)14-24(23)27/h4-6,9,14-17,19-21H,1-2,7-8,10-13,18H2,3H3. The Morgan fingerprint density at radius 3 is 2.66 bits per heavy atom. The lowest BCUT2D eigenvalue weighted by molar-refractivity contribution is 0.0725. The first-order chi connectivity index (χ1) is 18.6. The molecule has 0 radical (unpaired) electrons. The van der Waals surface area contributed by atoms with Gasteiger partial charge in [0.25, 0.3) is 0 Å². The largest absolute Gasteiger partial charge is 0.494 e. The van der Waals surface area contributed by atoms with Crippen molar-refractivity contribution in [3.63, 3.8) is 0 Å². The predicted octanol–water partition coefficient (Wildman–Crippen LogP) is 4.38. The molecule has 196 valence electrons. The van der Waals surface area contributed by atoms with Crippen LogP contribution in [0.3, 0.4) is 0 Å². The van der Waals surface area contributed by atoms with Crippen LogP contribution in [0.1, 0.15) is 12.8 Å². The van der Waals surface area contributed by atoms with Gasteiger partial charge in [-0.05, 0) is 36.7 Å². The van der Waals surface area contributed by atoms with Gasteiger partial charge in [-0.3, -0.25) is 9.88 Å². The zero-order chi connectivity index (χ0) is 26.2. The molecule has 38 heavy (non-hydrogen) atoms.